The van der Waals surface area contributed by atoms with E-state index in [2.05, 4.69) is 11.4 Å². The second kappa shape index (κ2) is 3.80. The Hall–Kier alpha value is -0.890. The van der Waals surface area contributed by atoms with E-state index in [1.165, 1.54) is 43.3 Å². The van der Waals surface area contributed by atoms with Crippen molar-refractivity contribution in [3.63, 3.8) is 0 Å². The van der Waals surface area contributed by atoms with Gasteiger partial charge in [0.1, 0.15) is 0 Å². The number of hydrogen-bond donors (Lipinski definition) is 1. The molecule has 4 aliphatic rings. The third-order valence-electron chi connectivity index (χ3n) is 5.81. The van der Waals surface area contributed by atoms with Gasteiger partial charge in [0.15, 0.2) is 5.78 Å². The molecule has 96 valence electrons. The van der Waals surface area contributed by atoms with Crippen molar-refractivity contribution in [1.82, 2.24) is 5.32 Å². The summed E-state index contributed by atoms with van der Waals surface area (Å²) >= 11 is 0. The van der Waals surface area contributed by atoms with E-state index < -0.39 is 0 Å². The lowest BCUT2D eigenvalue weighted by molar-refractivity contribution is -0.114. The summed E-state index contributed by atoms with van der Waals surface area (Å²) in [6.45, 7) is 1.15. The number of carbonyl (C=O) groups is 1. The monoisotopic (exact) mass is 243 g/mol. The molecular formula is C16H21NO. The summed E-state index contributed by atoms with van der Waals surface area (Å²) in [7, 11) is 0. The molecule has 1 saturated carbocycles. The lowest BCUT2D eigenvalue weighted by Gasteiger charge is -2.57. The zero-order valence-electron chi connectivity index (χ0n) is 10.9. The van der Waals surface area contributed by atoms with E-state index in [0.29, 0.717) is 17.2 Å². The summed E-state index contributed by atoms with van der Waals surface area (Å²) in [6, 6.07) is 0.677. The molecule has 0 radical (unpaired) electrons. The number of carbonyl (C=O) groups excluding carboxylic acids is 1. The Kier molecular flexibility index (Phi) is 2.32. The van der Waals surface area contributed by atoms with Crippen LogP contribution in [0.15, 0.2) is 23.3 Å². The first-order valence-electron chi connectivity index (χ1n) is 7.46. The summed E-state index contributed by atoms with van der Waals surface area (Å²) in [5.41, 5.74) is 3.42. The van der Waals surface area contributed by atoms with Crippen molar-refractivity contribution in [3.8, 4) is 0 Å². The molecule has 3 aliphatic carbocycles. The van der Waals surface area contributed by atoms with E-state index in [1.54, 1.807) is 6.08 Å². The van der Waals surface area contributed by atoms with Crippen molar-refractivity contribution >= 4 is 5.78 Å². The number of hydrogen-bond acceptors (Lipinski definition) is 2. The number of nitrogens with one attached hydrogen (secondary N) is 1. The zero-order chi connectivity index (χ0) is 12.2. The van der Waals surface area contributed by atoms with Crippen LogP contribution in [-0.2, 0) is 4.79 Å². The molecule has 2 fully saturated rings. The van der Waals surface area contributed by atoms with E-state index in [1.807, 2.05) is 0 Å². The maximum Gasteiger partial charge on any atom is 0.159 e. The van der Waals surface area contributed by atoms with Crippen LogP contribution in [0, 0.1) is 11.3 Å². The van der Waals surface area contributed by atoms with Crippen LogP contribution in [0.5, 0.6) is 0 Å². The highest BCUT2D eigenvalue weighted by atomic mass is 16.1. The number of piperidine rings is 1. The number of allylic oxidation sites excluding steroid dienone is 3. The Morgan fingerprint density at radius 2 is 2.17 bits per heavy atom. The van der Waals surface area contributed by atoms with Gasteiger partial charge in [-0.15, -0.1) is 0 Å². The lowest BCUT2D eigenvalue weighted by atomic mass is 9.51. The quantitative estimate of drug-likeness (QED) is 0.709. The van der Waals surface area contributed by atoms with Crippen LogP contribution >= 0.6 is 0 Å². The predicted octanol–water partition coefficient (Wildman–Crippen LogP) is 2.75. The van der Waals surface area contributed by atoms with Crippen LogP contribution in [0.3, 0.4) is 0 Å². The second-order valence-electron chi connectivity index (χ2n) is 6.50. The molecule has 0 amide bonds. The van der Waals surface area contributed by atoms with Crippen molar-refractivity contribution < 1.29 is 4.79 Å². The Labute approximate surface area is 109 Å². The number of rotatable bonds is 0. The van der Waals surface area contributed by atoms with Crippen molar-refractivity contribution in [2.75, 3.05) is 6.54 Å². The van der Waals surface area contributed by atoms with E-state index >= 15 is 0 Å². The van der Waals surface area contributed by atoms with Crippen molar-refractivity contribution in [3.05, 3.63) is 23.3 Å². The van der Waals surface area contributed by atoms with Gasteiger partial charge in [-0.3, -0.25) is 4.79 Å². The van der Waals surface area contributed by atoms with Crippen LogP contribution in [-0.4, -0.2) is 18.4 Å². The highest BCUT2D eigenvalue weighted by Gasteiger charge is 2.52. The first kappa shape index (κ1) is 11.0. The minimum atomic E-state index is 0.324. The Bertz CT molecular complexity index is 458. The molecule has 2 bridgehead atoms. The van der Waals surface area contributed by atoms with Gasteiger partial charge in [-0.2, -0.15) is 0 Å². The Morgan fingerprint density at radius 3 is 3.11 bits per heavy atom. The fourth-order valence-corrected chi connectivity index (χ4v) is 5.09. The average molecular weight is 243 g/mol. The molecular weight excluding hydrogens is 222 g/mol. The Balaban J connectivity index is 1.85. The summed E-state index contributed by atoms with van der Waals surface area (Å²) < 4.78 is 0. The standard InChI is InChI=1S/C16H21NO/c18-12-5-4-11-9-15-13-3-1-2-6-16(13,7-8-17-15)14(11)10-12/h4-5,13,15,17H,1-3,6-10H2/t13-,15+,16+/m0/s1. The highest BCUT2D eigenvalue weighted by molar-refractivity contribution is 5.94. The first-order chi connectivity index (χ1) is 8.79. The van der Waals surface area contributed by atoms with Gasteiger partial charge in [0.05, 0.1) is 0 Å². The van der Waals surface area contributed by atoms with E-state index in [9.17, 15) is 4.79 Å². The zero-order valence-corrected chi connectivity index (χ0v) is 10.9. The molecule has 1 saturated heterocycles. The molecule has 3 atom stereocenters. The van der Waals surface area contributed by atoms with Crippen LogP contribution in [0.2, 0.25) is 0 Å². The third kappa shape index (κ3) is 1.36. The van der Waals surface area contributed by atoms with Gasteiger partial charge in [0, 0.05) is 12.5 Å². The van der Waals surface area contributed by atoms with Crippen LogP contribution < -0.4 is 5.32 Å². The molecule has 18 heavy (non-hydrogen) atoms. The van der Waals surface area contributed by atoms with Gasteiger partial charge in [0.25, 0.3) is 0 Å². The van der Waals surface area contributed by atoms with E-state index in [0.717, 1.165) is 25.3 Å². The van der Waals surface area contributed by atoms with Crippen molar-refractivity contribution in [2.24, 2.45) is 11.3 Å². The molecule has 2 heteroatoms. The predicted molar refractivity (Wildman–Crippen MR) is 71.2 cm³/mol. The summed E-state index contributed by atoms with van der Waals surface area (Å²) in [6.07, 6.45) is 12.5. The summed E-state index contributed by atoms with van der Waals surface area (Å²) in [4.78, 5) is 11.8. The fourth-order valence-electron chi connectivity index (χ4n) is 5.09. The van der Waals surface area contributed by atoms with Gasteiger partial charge in [-0.1, -0.05) is 24.5 Å². The minimum absolute atomic E-state index is 0.324. The highest BCUT2D eigenvalue weighted by Crippen LogP contribution is 2.58. The van der Waals surface area contributed by atoms with Gasteiger partial charge >= 0.3 is 0 Å². The summed E-state index contributed by atoms with van der Waals surface area (Å²) in [5, 5.41) is 3.74. The first-order valence-corrected chi connectivity index (χ1v) is 7.46. The van der Waals surface area contributed by atoms with Crippen LogP contribution in [0.25, 0.3) is 0 Å². The lowest BCUT2D eigenvalue weighted by Crippen LogP contribution is -2.57. The molecule has 0 aromatic carbocycles. The van der Waals surface area contributed by atoms with Crippen molar-refractivity contribution in [1.29, 1.82) is 0 Å². The van der Waals surface area contributed by atoms with E-state index in [-0.39, 0.29) is 0 Å². The largest absolute Gasteiger partial charge is 0.313 e. The van der Waals surface area contributed by atoms with Crippen molar-refractivity contribution in [2.45, 2.75) is 51.0 Å². The topological polar surface area (TPSA) is 29.1 Å². The maximum atomic E-state index is 11.8. The second-order valence-corrected chi connectivity index (χ2v) is 6.50. The van der Waals surface area contributed by atoms with Crippen LogP contribution in [0.1, 0.15) is 44.9 Å². The molecule has 2 nitrogen and oxygen atoms in total. The molecule has 1 heterocycles. The fraction of sp³-hybridized carbons (Fsp3) is 0.688. The van der Waals surface area contributed by atoms with E-state index in [4.69, 9.17) is 0 Å². The average Bonchev–Trinajstić information content (AvgIpc) is 2.40. The Morgan fingerprint density at radius 1 is 1.22 bits per heavy atom. The molecule has 0 aromatic rings. The molecule has 0 unspecified atom stereocenters. The SMILES string of the molecule is O=C1C=CC2=C(C1)[C@@]13CCCC[C@H]1[C@@H](C2)NCC3. The van der Waals surface area contributed by atoms with Gasteiger partial charge in [0.2, 0.25) is 0 Å². The minimum Gasteiger partial charge on any atom is -0.313 e. The normalized spacial score (nSPS) is 42.6. The molecule has 0 spiro atoms. The van der Waals surface area contributed by atoms with Gasteiger partial charge in [-0.25, -0.2) is 0 Å². The van der Waals surface area contributed by atoms with Crippen LogP contribution in [0.4, 0.5) is 0 Å². The smallest absolute Gasteiger partial charge is 0.159 e. The third-order valence-corrected chi connectivity index (χ3v) is 5.81. The molecule has 0 aromatic heterocycles. The molecule has 4 rings (SSSR count). The van der Waals surface area contributed by atoms with Gasteiger partial charge < -0.3 is 5.32 Å². The maximum absolute atomic E-state index is 11.8. The molecule has 1 aliphatic heterocycles. The summed E-state index contributed by atoms with van der Waals surface area (Å²) in [5.74, 6) is 1.13. The number of ketones is 1. The molecule has 1 N–H and O–H groups in total. The van der Waals surface area contributed by atoms with Gasteiger partial charge in [-0.05, 0) is 55.2 Å².